The Morgan fingerprint density at radius 3 is 2.07 bits per heavy atom. The molecule has 0 unspecified atom stereocenters. The zero-order valence-electron chi connectivity index (χ0n) is 15.1. The van der Waals surface area contributed by atoms with Gasteiger partial charge in [-0.3, -0.25) is 9.59 Å². The number of hydrogen-bond acceptors (Lipinski definition) is 4. The molecule has 4 rings (SSSR count). The smallest absolute Gasteiger partial charge is 0.286 e. The molecule has 28 heavy (non-hydrogen) atoms. The fourth-order valence-electron chi connectivity index (χ4n) is 3.16. The van der Waals surface area contributed by atoms with Crippen LogP contribution >= 0.6 is 0 Å². The number of rotatable bonds is 4. The number of para-hydroxylation sites is 2. The topological polar surface area (TPSA) is 59.3 Å². The third-order valence-electron chi connectivity index (χ3n) is 4.44. The number of anilines is 1. The Kier molecular flexibility index (Phi) is 5.89. The minimum Gasteiger partial charge on any atom is -1.00 e. The number of halogens is 1. The average molecular weight is 484 g/mol. The van der Waals surface area contributed by atoms with Gasteiger partial charge in [0.05, 0.1) is 12.8 Å². The normalized spacial score (nSPS) is 12.9. The number of hydrogen-bond donors (Lipinski definition) is 1. The number of fused-ring (bicyclic) bond motifs is 1. The Morgan fingerprint density at radius 1 is 0.786 bits per heavy atom. The lowest BCUT2D eigenvalue weighted by Crippen LogP contribution is -3.00. The van der Waals surface area contributed by atoms with E-state index in [0.717, 1.165) is 0 Å². The van der Waals surface area contributed by atoms with Gasteiger partial charge < -0.3 is 34.0 Å². The molecule has 1 aliphatic rings. The number of carbonyl (C=O) groups excluding carboxylic acids is 2. The maximum Gasteiger partial charge on any atom is 0.286 e. The van der Waals surface area contributed by atoms with E-state index in [1.165, 1.54) is 0 Å². The quantitative estimate of drug-likeness (QED) is 0.429. The molecule has 1 aromatic heterocycles. The van der Waals surface area contributed by atoms with Gasteiger partial charge in [-0.05, 0) is 12.1 Å². The second kappa shape index (κ2) is 8.35. The summed E-state index contributed by atoms with van der Waals surface area (Å²) in [6.45, 7) is 0. The number of Topliss-reactive ketones (excluding diaryl/α,β-unsaturated/α-hetero) is 2. The first-order chi connectivity index (χ1) is 13.2. The molecule has 0 spiro atoms. The predicted molar refractivity (Wildman–Crippen MR) is 102 cm³/mol. The number of benzene rings is 2. The molecule has 1 N–H and O–H groups in total. The van der Waals surface area contributed by atoms with Gasteiger partial charge >= 0.3 is 0 Å². The number of allylic oxidation sites excluding steroid dienone is 2. The van der Waals surface area contributed by atoms with Crippen molar-refractivity contribution in [2.75, 3.05) is 12.4 Å². The molecular weight excluding hydrogens is 467 g/mol. The van der Waals surface area contributed by atoms with E-state index in [4.69, 9.17) is 4.74 Å². The van der Waals surface area contributed by atoms with Crippen LogP contribution in [0.4, 0.5) is 5.69 Å². The van der Waals surface area contributed by atoms with Crippen molar-refractivity contribution in [1.82, 2.24) is 0 Å². The Bertz CT molecular complexity index is 1080. The first-order valence-electron chi connectivity index (χ1n) is 8.50. The van der Waals surface area contributed by atoms with Crippen molar-refractivity contribution in [3.05, 3.63) is 95.9 Å². The summed E-state index contributed by atoms with van der Waals surface area (Å²) in [7, 11) is 1.56. The lowest BCUT2D eigenvalue weighted by atomic mass is 9.90. The SMILES string of the molecule is COc1ccccc1NC1=C([n+]2ccccc2)C(=O)c2ccccc2C1=O.[I-]. The maximum atomic E-state index is 13.2. The van der Waals surface area contributed by atoms with Crippen molar-refractivity contribution in [1.29, 1.82) is 0 Å². The molecule has 140 valence electrons. The molecule has 2 aromatic carbocycles. The molecule has 6 heteroatoms. The van der Waals surface area contributed by atoms with E-state index in [9.17, 15) is 9.59 Å². The summed E-state index contributed by atoms with van der Waals surface area (Å²) in [5, 5.41) is 3.13. The molecule has 0 aliphatic heterocycles. The van der Waals surface area contributed by atoms with E-state index in [0.29, 0.717) is 22.6 Å². The second-order valence-corrected chi connectivity index (χ2v) is 6.04. The number of carbonyl (C=O) groups is 2. The summed E-state index contributed by atoms with van der Waals surface area (Å²) in [6.07, 6.45) is 3.50. The van der Waals surface area contributed by atoms with Crippen LogP contribution in [0, 0.1) is 0 Å². The van der Waals surface area contributed by atoms with Crippen LogP contribution in [0.5, 0.6) is 5.75 Å². The third kappa shape index (κ3) is 3.43. The van der Waals surface area contributed by atoms with Gasteiger partial charge in [0.15, 0.2) is 18.1 Å². The van der Waals surface area contributed by atoms with Crippen molar-refractivity contribution >= 4 is 23.0 Å². The van der Waals surface area contributed by atoms with Gasteiger partial charge in [0.2, 0.25) is 5.78 Å². The lowest BCUT2D eigenvalue weighted by molar-refractivity contribution is -0.577. The van der Waals surface area contributed by atoms with Crippen molar-refractivity contribution in [2.45, 2.75) is 0 Å². The van der Waals surface area contributed by atoms with E-state index >= 15 is 0 Å². The van der Waals surface area contributed by atoms with Crippen LogP contribution in [0.15, 0.2) is 84.8 Å². The van der Waals surface area contributed by atoms with Crippen molar-refractivity contribution in [3.8, 4) is 5.75 Å². The van der Waals surface area contributed by atoms with Crippen LogP contribution < -0.4 is 38.6 Å². The molecule has 1 heterocycles. The number of nitrogens with one attached hydrogen (secondary N) is 1. The molecule has 1 aliphatic carbocycles. The van der Waals surface area contributed by atoms with Gasteiger partial charge in [-0.1, -0.05) is 42.5 Å². The van der Waals surface area contributed by atoms with E-state index < -0.39 is 0 Å². The van der Waals surface area contributed by atoms with Gasteiger partial charge in [0, 0.05) is 23.3 Å². The van der Waals surface area contributed by atoms with Crippen molar-refractivity contribution in [2.24, 2.45) is 0 Å². The summed E-state index contributed by atoms with van der Waals surface area (Å²) >= 11 is 0. The second-order valence-electron chi connectivity index (χ2n) is 6.04. The molecule has 0 bridgehead atoms. The fourth-order valence-corrected chi connectivity index (χ4v) is 3.16. The number of aromatic nitrogens is 1. The van der Waals surface area contributed by atoms with Gasteiger partial charge in [-0.2, -0.15) is 4.57 Å². The molecular formula is C22H17IN2O3. The van der Waals surface area contributed by atoms with Crippen LogP contribution in [0.2, 0.25) is 0 Å². The zero-order valence-corrected chi connectivity index (χ0v) is 17.2. The highest BCUT2D eigenvalue weighted by Gasteiger charge is 2.38. The molecule has 0 saturated carbocycles. The maximum absolute atomic E-state index is 13.2. The summed E-state index contributed by atoms with van der Waals surface area (Å²) in [4.78, 5) is 26.4. The van der Waals surface area contributed by atoms with Crippen LogP contribution in [0.25, 0.3) is 5.70 Å². The Balaban J connectivity index is 0.00000225. The molecule has 0 amide bonds. The van der Waals surface area contributed by atoms with Gasteiger partial charge in [-0.25, -0.2) is 0 Å². The Labute approximate surface area is 179 Å². The first-order valence-corrected chi connectivity index (χ1v) is 8.50. The monoisotopic (exact) mass is 484 g/mol. The van der Waals surface area contributed by atoms with E-state index in [1.54, 1.807) is 60.5 Å². The van der Waals surface area contributed by atoms with Gasteiger partial charge in [0.1, 0.15) is 5.75 Å². The highest BCUT2D eigenvalue weighted by Crippen LogP contribution is 2.30. The third-order valence-corrected chi connectivity index (χ3v) is 4.44. The summed E-state index contributed by atoms with van der Waals surface area (Å²) in [6, 6.07) is 19.6. The predicted octanol–water partition coefficient (Wildman–Crippen LogP) is 0.347. The van der Waals surface area contributed by atoms with Crippen LogP contribution in [-0.4, -0.2) is 18.7 Å². The number of nitrogens with zero attached hydrogens (tertiary/aromatic N) is 1. The van der Waals surface area contributed by atoms with Crippen LogP contribution in [-0.2, 0) is 0 Å². The first kappa shape index (κ1) is 19.8. The molecule has 3 aromatic rings. The Morgan fingerprint density at radius 2 is 1.39 bits per heavy atom. The van der Waals surface area contributed by atoms with Crippen LogP contribution in [0.1, 0.15) is 20.7 Å². The highest BCUT2D eigenvalue weighted by atomic mass is 127. The fraction of sp³-hybridized carbons (Fsp3) is 0.0455. The molecule has 0 radical (unpaired) electrons. The summed E-state index contributed by atoms with van der Waals surface area (Å²) in [5.41, 5.74) is 1.91. The highest BCUT2D eigenvalue weighted by molar-refractivity contribution is 6.36. The number of ether oxygens (including phenoxy) is 1. The number of ketones is 2. The average Bonchev–Trinajstić information content (AvgIpc) is 2.73. The Hall–Kier alpha value is -3.00. The standard InChI is InChI=1S/C22H16N2O3.HI/c1-27-18-12-6-5-11-17(18)23-19-20(24-13-7-2-8-14-24)22(26)16-10-4-3-9-15(16)21(19)25;/h2-14H,1H3;1H. The summed E-state index contributed by atoms with van der Waals surface area (Å²) < 4.78 is 7.03. The number of pyridine rings is 1. The molecule has 0 fully saturated rings. The molecule has 5 nitrogen and oxygen atoms in total. The minimum atomic E-state index is -0.234. The number of methoxy groups -OCH3 is 1. The van der Waals surface area contributed by atoms with Crippen molar-refractivity contribution in [3.63, 3.8) is 0 Å². The largest absolute Gasteiger partial charge is 1.00 e. The van der Waals surface area contributed by atoms with E-state index in [2.05, 4.69) is 5.32 Å². The zero-order chi connectivity index (χ0) is 18.8. The van der Waals surface area contributed by atoms with E-state index in [-0.39, 0.29) is 46.9 Å². The minimum absolute atomic E-state index is 0. The summed E-state index contributed by atoms with van der Waals surface area (Å²) in [5.74, 6) is 0.141. The van der Waals surface area contributed by atoms with Crippen molar-refractivity contribution < 1.29 is 42.9 Å². The molecule has 0 atom stereocenters. The van der Waals surface area contributed by atoms with Gasteiger partial charge in [0.25, 0.3) is 11.5 Å². The van der Waals surface area contributed by atoms with Gasteiger partial charge in [-0.15, -0.1) is 0 Å². The lowest BCUT2D eigenvalue weighted by Gasteiger charge is -2.19. The molecule has 0 saturated heterocycles. The van der Waals surface area contributed by atoms with E-state index in [1.807, 2.05) is 30.3 Å². The van der Waals surface area contributed by atoms with Crippen LogP contribution in [0.3, 0.4) is 0 Å².